The van der Waals surface area contributed by atoms with Crippen LogP contribution in [0.4, 0.5) is 0 Å². The Balaban J connectivity index is 1.29. The zero-order chi connectivity index (χ0) is 19.3. The van der Waals surface area contributed by atoms with Crippen molar-refractivity contribution in [2.75, 3.05) is 26.3 Å². The van der Waals surface area contributed by atoms with Crippen molar-refractivity contribution in [2.45, 2.75) is 37.7 Å². The Morgan fingerprint density at radius 1 is 1.04 bits per heavy atom. The average molecular weight is 381 g/mol. The summed E-state index contributed by atoms with van der Waals surface area (Å²) < 4.78 is 11.3. The van der Waals surface area contributed by atoms with Gasteiger partial charge in [-0.15, -0.1) is 0 Å². The van der Waals surface area contributed by atoms with Gasteiger partial charge in [0, 0.05) is 25.3 Å². The van der Waals surface area contributed by atoms with Gasteiger partial charge in [0.25, 0.3) is 5.91 Å². The first-order chi connectivity index (χ1) is 13.7. The molecular weight excluding hydrogens is 354 g/mol. The quantitative estimate of drug-likeness (QED) is 0.851. The van der Waals surface area contributed by atoms with E-state index in [9.17, 15) is 9.90 Å². The van der Waals surface area contributed by atoms with Crippen molar-refractivity contribution in [3.05, 3.63) is 59.7 Å². The van der Waals surface area contributed by atoms with Crippen LogP contribution in [-0.4, -0.2) is 48.3 Å². The van der Waals surface area contributed by atoms with Crippen molar-refractivity contribution < 1.29 is 19.4 Å². The molecule has 2 fully saturated rings. The largest absolute Gasteiger partial charge is 0.508 e. The normalized spacial score (nSPS) is 20.3. The number of amides is 1. The van der Waals surface area contributed by atoms with Gasteiger partial charge >= 0.3 is 0 Å². The molecule has 0 radical (unpaired) electrons. The molecule has 5 nitrogen and oxygen atoms in total. The van der Waals surface area contributed by atoms with Crippen LogP contribution in [0.2, 0.25) is 0 Å². The van der Waals surface area contributed by atoms with Crippen LogP contribution in [0.15, 0.2) is 48.5 Å². The lowest BCUT2D eigenvalue weighted by Gasteiger charge is -2.32. The highest BCUT2D eigenvalue weighted by Gasteiger charge is 2.24. The van der Waals surface area contributed by atoms with E-state index in [2.05, 4.69) is 0 Å². The number of phenolic OH excluding ortho intramolecular Hbond substituents is 1. The molecule has 5 heteroatoms. The number of likely N-dealkylation sites (tertiary alicyclic amines) is 1. The lowest BCUT2D eigenvalue weighted by atomic mass is 9.89. The molecule has 0 bridgehead atoms. The van der Waals surface area contributed by atoms with Gasteiger partial charge in [-0.1, -0.05) is 12.1 Å². The number of nitrogens with zero attached hydrogens (tertiary/aromatic N) is 1. The SMILES string of the molecule is O=C(c1ccc(OCC2CCCO2)cc1)N1CCC(c2ccc(O)cc2)CC1. The van der Waals surface area contributed by atoms with Crippen LogP contribution in [0.5, 0.6) is 11.5 Å². The predicted octanol–water partition coefficient (Wildman–Crippen LogP) is 3.97. The molecule has 0 saturated carbocycles. The number of hydrogen-bond acceptors (Lipinski definition) is 4. The zero-order valence-corrected chi connectivity index (χ0v) is 16.0. The smallest absolute Gasteiger partial charge is 0.253 e. The van der Waals surface area contributed by atoms with Gasteiger partial charge in [0.2, 0.25) is 0 Å². The summed E-state index contributed by atoms with van der Waals surface area (Å²) in [6, 6.07) is 14.8. The van der Waals surface area contributed by atoms with E-state index in [0.29, 0.717) is 23.8 Å². The molecule has 2 saturated heterocycles. The summed E-state index contributed by atoms with van der Waals surface area (Å²) >= 11 is 0. The molecule has 2 aliphatic rings. The van der Waals surface area contributed by atoms with E-state index in [1.807, 2.05) is 41.3 Å². The number of aromatic hydroxyl groups is 1. The standard InChI is InChI=1S/C23H27NO4/c25-20-7-3-17(4-8-20)18-11-13-24(14-12-18)23(26)19-5-9-21(10-6-19)28-16-22-2-1-15-27-22/h3-10,18,22,25H,1-2,11-16H2. The summed E-state index contributed by atoms with van der Waals surface area (Å²) in [6.07, 6.45) is 4.23. The minimum absolute atomic E-state index is 0.0785. The molecule has 2 aromatic carbocycles. The van der Waals surface area contributed by atoms with Crippen LogP contribution in [-0.2, 0) is 4.74 Å². The number of benzene rings is 2. The number of carbonyl (C=O) groups excluding carboxylic acids is 1. The third-order valence-electron chi connectivity index (χ3n) is 5.71. The highest BCUT2D eigenvalue weighted by molar-refractivity contribution is 5.94. The van der Waals surface area contributed by atoms with E-state index in [1.54, 1.807) is 12.1 Å². The number of hydrogen-bond donors (Lipinski definition) is 1. The molecule has 2 aromatic rings. The van der Waals surface area contributed by atoms with Gasteiger partial charge in [-0.3, -0.25) is 4.79 Å². The van der Waals surface area contributed by atoms with E-state index < -0.39 is 0 Å². The Morgan fingerprint density at radius 3 is 2.39 bits per heavy atom. The minimum atomic E-state index is 0.0785. The number of rotatable bonds is 5. The molecule has 1 amide bonds. The first-order valence-electron chi connectivity index (χ1n) is 10.1. The van der Waals surface area contributed by atoms with Crippen molar-refractivity contribution in [1.29, 1.82) is 0 Å². The zero-order valence-electron chi connectivity index (χ0n) is 16.0. The van der Waals surface area contributed by atoms with E-state index in [-0.39, 0.29) is 12.0 Å². The fourth-order valence-corrected chi connectivity index (χ4v) is 4.00. The Morgan fingerprint density at radius 2 is 1.75 bits per heavy atom. The van der Waals surface area contributed by atoms with Crippen molar-refractivity contribution in [2.24, 2.45) is 0 Å². The fourth-order valence-electron chi connectivity index (χ4n) is 4.00. The molecule has 1 atom stereocenters. The highest BCUT2D eigenvalue weighted by Crippen LogP contribution is 2.29. The maximum atomic E-state index is 12.8. The topological polar surface area (TPSA) is 59.0 Å². The van der Waals surface area contributed by atoms with Crippen LogP contribution in [0, 0.1) is 0 Å². The molecule has 0 aromatic heterocycles. The maximum Gasteiger partial charge on any atom is 0.253 e. The molecule has 2 heterocycles. The number of piperidine rings is 1. The van der Waals surface area contributed by atoms with Gasteiger partial charge in [-0.25, -0.2) is 0 Å². The molecule has 0 spiro atoms. The number of carbonyl (C=O) groups is 1. The van der Waals surface area contributed by atoms with E-state index >= 15 is 0 Å². The van der Waals surface area contributed by atoms with Crippen molar-refractivity contribution in [3.63, 3.8) is 0 Å². The van der Waals surface area contributed by atoms with Crippen molar-refractivity contribution in [1.82, 2.24) is 4.90 Å². The molecule has 148 valence electrons. The third kappa shape index (κ3) is 4.47. The van der Waals surface area contributed by atoms with E-state index in [4.69, 9.17) is 9.47 Å². The summed E-state index contributed by atoms with van der Waals surface area (Å²) in [5.41, 5.74) is 1.94. The lowest BCUT2D eigenvalue weighted by molar-refractivity contribution is 0.0677. The Kier molecular flexibility index (Phi) is 5.81. The highest BCUT2D eigenvalue weighted by atomic mass is 16.5. The first-order valence-corrected chi connectivity index (χ1v) is 10.1. The molecule has 2 aliphatic heterocycles. The monoisotopic (exact) mass is 381 g/mol. The minimum Gasteiger partial charge on any atom is -0.508 e. The summed E-state index contributed by atoms with van der Waals surface area (Å²) in [7, 11) is 0. The van der Waals surface area contributed by atoms with Gasteiger partial charge in [-0.2, -0.15) is 0 Å². The van der Waals surface area contributed by atoms with E-state index in [1.165, 1.54) is 5.56 Å². The van der Waals surface area contributed by atoms with Crippen LogP contribution in [0.25, 0.3) is 0 Å². The number of phenols is 1. The first kappa shape index (κ1) is 18.8. The summed E-state index contributed by atoms with van der Waals surface area (Å²) in [5, 5.41) is 9.44. The van der Waals surface area contributed by atoms with Crippen LogP contribution in [0.3, 0.4) is 0 Å². The Bertz CT molecular complexity index is 773. The Labute approximate surface area is 165 Å². The molecule has 0 aliphatic carbocycles. The van der Waals surface area contributed by atoms with Gasteiger partial charge < -0.3 is 19.5 Å². The molecular formula is C23H27NO4. The molecule has 1 unspecified atom stereocenters. The second-order valence-electron chi connectivity index (χ2n) is 7.63. The van der Waals surface area contributed by atoms with E-state index in [0.717, 1.165) is 51.1 Å². The second-order valence-corrected chi connectivity index (χ2v) is 7.63. The van der Waals surface area contributed by atoms with Gasteiger partial charge in [0.15, 0.2) is 0 Å². The van der Waals surface area contributed by atoms with Crippen LogP contribution >= 0.6 is 0 Å². The summed E-state index contributed by atoms with van der Waals surface area (Å²) in [6.45, 7) is 2.90. The van der Waals surface area contributed by atoms with Gasteiger partial charge in [-0.05, 0) is 73.6 Å². The molecule has 1 N–H and O–H groups in total. The summed E-state index contributed by atoms with van der Waals surface area (Å²) in [5.74, 6) is 1.59. The molecule has 4 rings (SSSR count). The predicted molar refractivity (Wildman–Crippen MR) is 107 cm³/mol. The number of ether oxygens (including phenoxy) is 2. The Hall–Kier alpha value is -2.53. The van der Waals surface area contributed by atoms with Crippen molar-refractivity contribution >= 4 is 5.91 Å². The fraction of sp³-hybridized carbons (Fsp3) is 0.435. The van der Waals surface area contributed by atoms with Crippen molar-refractivity contribution in [3.8, 4) is 11.5 Å². The second kappa shape index (κ2) is 8.65. The van der Waals surface area contributed by atoms with Crippen LogP contribution in [0.1, 0.15) is 47.5 Å². The maximum absolute atomic E-state index is 12.8. The molecule has 28 heavy (non-hydrogen) atoms. The summed E-state index contributed by atoms with van der Waals surface area (Å²) in [4.78, 5) is 14.7. The van der Waals surface area contributed by atoms with Crippen LogP contribution < -0.4 is 4.74 Å². The third-order valence-corrected chi connectivity index (χ3v) is 5.71. The van der Waals surface area contributed by atoms with Gasteiger partial charge in [0.1, 0.15) is 18.1 Å². The van der Waals surface area contributed by atoms with Gasteiger partial charge in [0.05, 0.1) is 6.10 Å². The lowest BCUT2D eigenvalue weighted by Crippen LogP contribution is -2.37. The average Bonchev–Trinajstić information content (AvgIpc) is 3.27.